The first-order chi connectivity index (χ1) is 15.0. The molecule has 0 bridgehead atoms. The third-order valence-corrected chi connectivity index (χ3v) is 6.06. The van der Waals surface area contributed by atoms with E-state index in [1.807, 2.05) is 0 Å². The van der Waals surface area contributed by atoms with Gasteiger partial charge in [-0.05, 0) is 49.4 Å². The molecule has 2 aromatic rings. The average Bonchev–Trinajstić information content (AvgIpc) is 3.39. The summed E-state index contributed by atoms with van der Waals surface area (Å²) in [5.74, 6) is 0.352. The van der Waals surface area contributed by atoms with Crippen LogP contribution < -0.4 is 9.47 Å². The van der Waals surface area contributed by atoms with Gasteiger partial charge in [-0.2, -0.15) is 0 Å². The number of hydrogen-bond donors (Lipinski definition) is 1. The van der Waals surface area contributed by atoms with Crippen LogP contribution >= 0.6 is 0 Å². The van der Waals surface area contributed by atoms with Gasteiger partial charge >= 0.3 is 5.97 Å². The van der Waals surface area contributed by atoms with E-state index in [4.69, 9.17) is 14.2 Å². The monoisotopic (exact) mass is 425 g/mol. The zero-order valence-electron chi connectivity index (χ0n) is 17.7. The molecule has 2 aromatic carbocycles. The summed E-state index contributed by atoms with van der Waals surface area (Å²) in [5.41, 5.74) is 1.62. The number of fused-ring (bicyclic) bond motifs is 1. The topological polar surface area (TPSA) is 85.3 Å². The molecular weight excluding hydrogens is 398 g/mol. The van der Waals surface area contributed by atoms with Gasteiger partial charge in [0, 0.05) is 11.1 Å². The minimum absolute atomic E-state index is 0.0948. The van der Waals surface area contributed by atoms with Crippen LogP contribution in [0.15, 0.2) is 42.5 Å². The Labute approximate surface area is 181 Å². The van der Waals surface area contributed by atoms with Crippen molar-refractivity contribution < 1.29 is 28.9 Å². The molecule has 7 nitrogen and oxygen atoms in total. The minimum Gasteiger partial charge on any atom is -0.493 e. The summed E-state index contributed by atoms with van der Waals surface area (Å²) in [4.78, 5) is 26.7. The first-order valence-corrected chi connectivity index (χ1v) is 10.5. The van der Waals surface area contributed by atoms with E-state index in [1.54, 1.807) is 49.6 Å². The highest BCUT2D eigenvalue weighted by Crippen LogP contribution is 2.42. The second-order valence-corrected chi connectivity index (χ2v) is 7.90. The lowest BCUT2D eigenvalue weighted by molar-refractivity contribution is -0.142. The summed E-state index contributed by atoms with van der Waals surface area (Å²) in [6.07, 6.45) is 3.10. The van der Waals surface area contributed by atoms with Crippen LogP contribution in [-0.2, 0) is 9.53 Å². The van der Waals surface area contributed by atoms with Crippen LogP contribution in [0.1, 0.15) is 65.9 Å². The summed E-state index contributed by atoms with van der Waals surface area (Å²) in [6.45, 7) is 0. The van der Waals surface area contributed by atoms with Crippen molar-refractivity contribution in [2.45, 2.75) is 50.5 Å². The van der Waals surface area contributed by atoms with E-state index in [0.29, 0.717) is 28.2 Å². The molecule has 0 radical (unpaired) electrons. The maximum atomic E-state index is 13.1. The van der Waals surface area contributed by atoms with Gasteiger partial charge in [0.1, 0.15) is 0 Å². The first-order valence-electron chi connectivity index (χ1n) is 10.5. The largest absolute Gasteiger partial charge is 0.493 e. The molecule has 1 heterocycles. The smallest absolute Gasteiger partial charge is 0.307 e. The van der Waals surface area contributed by atoms with E-state index < -0.39 is 18.2 Å². The normalized spacial score (nSPS) is 19.3. The Morgan fingerprint density at radius 3 is 2.55 bits per heavy atom. The lowest BCUT2D eigenvalue weighted by atomic mass is 10.0. The fourth-order valence-corrected chi connectivity index (χ4v) is 4.43. The van der Waals surface area contributed by atoms with Gasteiger partial charge in [-0.25, -0.2) is 0 Å². The molecule has 2 aliphatic rings. The number of aliphatic hydroxyl groups excluding tert-OH is 1. The van der Waals surface area contributed by atoms with Crippen molar-refractivity contribution in [3.8, 4) is 11.5 Å². The Hall–Kier alpha value is -3.06. The van der Waals surface area contributed by atoms with E-state index in [1.165, 1.54) is 12.0 Å². The third kappa shape index (κ3) is 4.10. The van der Waals surface area contributed by atoms with Gasteiger partial charge in [0.25, 0.3) is 5.91 Å². The molecule has 0 aromatic heterocycles. The second kappa shape index (κ2) is 8.98. The molecule has 1 fully saturated rings. The molecule has 2 atom stereocenters. The number of rotatable bonds is 7. The standard InChI is InChI=1S/C24H27NO6/c1-29-20-12-11-15(13-21(20)31-16-7-3-4-8-16)19(14-22(26)30-2)25-23(27)17-9-5-6-10-18(17)24(25)28/h5-6,9-13,16,19,23,27H,3-4,7-8,14H2,1-2H3. The SMILES string of the molecule is COC(=O)CC(c1ccc(OC)c(OC2CCCC2)c1)N1C(=O)c2ccccc2C1O. The van der Waals surface area contributed by atoms with Crippen molar-refractivity contribution in [1.29, 1.82) is 0 Å². The van der Waals surface area contributed by atoms with Crippen molar-refractivity contribution in [3.63, 3.8) is 0 Å². The van der Waals surface area contributed by atoms with E-state index in [0.717, 1.165) is 25.7 Å². The molecule has 31 heavy (non-hydrogen) atoms. The van der Waals surface area contributed by atoms with Crippen molar-refractivity contribution in [2.75, 3.05) is 14.2 Å². The summed E-state index contributed by atoms with van der Waals surface area (Å²) >= 11 is 0. The number of benzene rings is 2. The van der Waals surface area contributed by atoms with E-state index in [2.05, 4.69) is 0 Å². The minimum atomic E-state index is -1.15. The molecule has 164 valence electrons. The summed E-state index contributed by atoms with van der Waals surface area (Å²) in [6, 6.07) is 11.6. The van der Waals surface area contributed by atoms with E-state index in [9.17, 15) is 14.7 Å². The van der Waals surface area contributed by atoms with Crippen LogP contribution in [0.2, 0.25) is 0 Å². The highest BCUT2D eigenvalue weighted by Gasteiger charge is 2.41. The Kier molecular flexibility index (Phi) is 6.13. The predicted molar refractivity (Wildman–Crippen MR) is 113 cm³/mol. The average molecular weight is 425 g/mol. The summed E-state index contributed by atoms with van der Waals surface area (Å²) < 4.78 is 16.5. The van der Waals surface area contributed by atoms with Crippen molar-refractivity contribution in [3.05, 3.63) is 59.2 Å². The molecule has 0 spiro atoms. The van der Waals surface area contributed by atoms with Crippen LogP contribution in [0.5, 0.6) is 11.5 Å². The number of nitrogens with zero attached hydrogens (tertiary/aromatic N) is 1. The summed E-state index contributed by atoms with van der Waals surface area (Å²) in [7, 11) is 2.88. The van der Waals surface area contributed by atoms with Crippen molar-refractivity contribution in [1.82, 2.24) is 4.90 Å². The van der Waals surface area contributed by atoms with Gasteiger partial charge in [-0.1, -0.05) is 24.3 Å². The number of carbonyl (C=O) groups is 2. The molecule has 1 saturated carbocycles. The molecule has 2 unspecified atom stereocenters. The second-order valence-electron chi connectivity index (χ2n) is 7.90. The number of carbonyl (C=O) groups excluding carboxylic acids is 2. The van der Waals surface area contributed by atoms with Crippen LogP contribution in [0, 0.1) is 0 Å². The number of aliphatic hydroxyl groups is 1. The zero-order chi connectivity index (χ0) is 22.0. The van der Waals surface area contributed by atoms with Crippen LogP contribution in [0.3, 0.4) is 0 Å². The Balaban J connectivity index is 1.71. The number of esters is 1. The van der Waals surface area contributed by atoms with E-state index in [-0.39, 0.29) is 18.4 Å². The van der Waals surface area contributed by atoms with Crippen molar-refractivity contribution in [2.24, 2.45) is 0 Å². The third-order valence-electron chi connectivity index (χ3n) is 6.06. The van der Waals surface area contributed by atoms with Gasteiger partial charge in [-0.3, -0.25) is 9.59 Å². The molecule has 0 saturated heterocycles. The fraction of sp³-hybridized carbons (Fsp3) is 0.417. The molecule has 4 rings (SSSR count). The van der Waals surface area contributed by atoms with Gasteiger partial charge in [0.2, 0.25) is 0 Å². The highest BCUT2D eigenvalue weighted by molar-refractivity contribution is 5.99. The molecule has 1 amide bonds. The Bertz CT molecular complexity index is 968. The highest BCUT2D eigenvalue weighted by atomic mass is 16.5. The van der Waals surface area contributed by atoms with Crippen LogP contribution in [0.25, 0.3) is 0 Å². The number of methoxy groups -OCH3 is 2. The number of ether oxygens (including phenoxy) is 3. The van der Waals surface area contributed by atoms with Crippen LogP contribution in [0.4, 0.5) is 0 Å². The zero-order valence-corrected chi connectivity index (χ0v) is 17.7. The molecule has 1 N–H and O–H groups in total. The predicted octanol–water partition coefficient (Wildman–Crippen LogP) is 3.77. The molecule has 7 heteroatoms. The number of amides is 1. The van der Waals surface area contributed by atoms with Crippen LogP contribution in [-0.4, -0.2) is 42.2 Å². The Morgan fingerprint density at radius 1 is 1.13 bits per heavy atom. The lowest BCUT2D eigenvalue weighted by Crippen LogP contribution is -2.34. The quantitative estimate of drug-likeness (QED) is 0.680. The lowest BCUT2D eigenvalue weighted by Gasteiger charge is -2.31. The van der Waals surface area contributed by atoms with Gasteiger partial charge in [0.15, 0.2) is 17.7 Å². The fourth-order valence-electron chi connectivity index (χ4n) is 4.43. The molecular formula is C24H27NO6. The molecule has 1 aliphatic carbocycles. The van der Waals surface area contributed by atoms with Gasteiger partial charge < -0.3 is 24.2 Å². The number of hydrogen-bond acceptors (Lipinski definition) is 6. The first kappa shape index (κ1) is 21.2. The Morgan fingerprint density at radius 2 is 1.87 bits per heavy atom. The van der Waals surface area contributed by atoms with Gasteiger partial charge in [0.05, 0.1) is 32.8 Å². The summed E-state index contributed by atoms with van der Waals surface area (Å²) in [5, 5.41) is 10.9. The molecule has 1 aliphatic heterocycles. The van der Waals surface area contributed by atoms with E-state index >= 15 is 0 Å². The van der Waals surface area contributed by atoms with Crippen molar-refractivity contribution >= 4 is 11.9 Å². The van der Waals surface area contributed by atoms with Gasteiger partial charge in [-0.15, -0.1) is 0 Å². The maximum Gasteiger partial charge on any atom is 0.307 e. The maximum absolute atomic E-state index is 13.1.